The number of carbonyl (C=O) groups excluding carboxylic acids is 1. The predicted molar refractivity (Wildman–Crippen MR) is 98.5 cm³/mol. The van der Waals surface area contributed by atoms with Crippen LogP contribution in [0, 0.1) is 6.92 Å². The minimum Gasteiger partial charge on any atom is -0.465 e. The standard InChI is InChI=1S/C17H20N4O4S/c1-11-8-15(19-14-6-7-26(23,24)10-14)21-17(18-11)20-13-5-3-4-12(9-13)16(22)25-2/h3-5,8-9,14H,6-7,10H2,1-2H3,(H2,18,19,20,21). The predicted octanol–water partition coefficient (Wildman–Crippen LogP) is 1.91. The summed E-state index contributed by atoms with van der Waals surface area (Å²) in [7, 11) is -1.64. The van der Waals surface area contributed by atoms with Crippen molar-refractivity contribution in [3.05, 3.63) is 41.6 Å². The summed E-state index contributed by atoms with van der Waals surface area (Å²) < 4.78 is 27.9. The molecule has 0 saturated carbocycles. The maximum Gasteiger partial charge on any atom is 0.337 e. The summed E-state index contributed by atoms with van der Waals surface area (Å²) >= 11 is 0. The van der Waals surface area contributed by atoms with Gasteiger partial charge in [-0.2, -0.15) is 4.98 Å². The van der Waals surface area contributed by atoms with Crippen molar-refractivity contribution in [2.24, 2.45) is 0 Å². The Bertz CT molecular complexity index is 930. The van der Waals surface area contributed by atoms with Gasteiger partial charge in [0.15, 0.2) is 9.84 Å². The van der Waals surface area contributed by atoms with Gasteiger partial charge in [-0.05, 0) is 31.5 Å². The summed E-state index contributed by atoms with van der Waals surface area (Å²) in [4.78, 5) is 20.4. The van der Waals surface area contributed by atoms with Crippen LogP contribution in [0.1, 0.15) is 22.5 Å². The van der Waals surface area contributed by atoms with E-state index in [-0.39, 0.29) is 17.5 Å². The Kier molecular flexibility index (Phi) is 5.08. The molecule has 1 aromatic heterocycles. The number of sulfone groups is 1. The van der Waals surface area contributed by atoms with Crippen molar-refractivity contribution in [1.82, 2.24) is 9.97 Å². The molecule has 2 heterocycles. The molecule has 3 rings (SSSR count). The van der Waals surface area contributed by atoms with Crippen molar-refractivity contribution in [3.63, 3.8) is 0 Å². The normalized spacial score (nSPS) is 18.3. The molecule has 9 heteroatoms. The lowest BCUT2D eigenvalue weighted by atomic mass is 10.2. The highest BCUT2D eigenvalue weighted by Crippen LogP contribution is 2.20. The number of carbonyl (C=O) groups is 1. The van der Waals surface area contributed by atoms with Gasteiger partial charge in [-0.25, -0.2) is 18.2 Å². The van der Waals surface area contributed by atoms with E-state index >= 15 is 0 Å². The molecule has 0 radical (unpaired) electrons. The topological polar surface area (TPSA) is 110 Å². The van der Waals surface area contributed by atoms with Crippen LogP contribution in [-0.2, 0) is 14.6 Å². The maximum absolute atomic E-state index is 11.6. The number of rotatable bonds is 5. The van der Waals surface area contributed by atoms with Gasteiger partial charge in [0.1, 0.15) is 5.82 Å². The SMILES string of the molecule is COC(=O)c1cccc(Nc2nc(C)cc(NC3CCS(=O)(=O)C3)n2)c1. The number of hydrogen-bond donors (Lipinski definition) is 2. The second-order valence-corrected chi connectivity index (χ2v) is 8.39. The first-order valence-corrected chi connectivity index (χ1v) is 9.95. The number of hydrogen-bond acceptors (Lipinski definition) is 8. The fourth-order valence-corrected chi connectivity index (χ4v) is 4.46. The molecule has 8 nitrogen and oxygen atoms in total. The lowest BCUT2D eigenvalue weighted by molar-refractivity contribution is 0.0601. The number of methoxy groups -OCH3 is 1. The number of benzene rings is 1. The first-order valence-electron chi connectivity index (χ1n) is 8.13. The molecule has 2 aromatic rings. The van der Waals surface area contributed by atoms with Crippen LogP contribution in [0.2, 0.25) is 0 Å². The second kappa shape index (κ2) is 7.28. The number of aromatic nitrogens is 2. The number of aryl methyl sites for hydroxylation is 1. The van der Waals surface area contributed by atoms with Crippen LogP contribution in [0.15, 0.2) is 30.3 Å². The Morgan fingerprint density at radius 2 is 2.08 bits per heavy atom. The fraction of sp³-hybridized carbons (Fsp3) is 0.353. The summed E-state index contributed by atoms with van der Waals surface area (Å²) in [5.74, 6) is 0.797. The van der Waals surface area contributed by atoms with Crippen LogP contribution < -0.4 is 10.6 Å². The van der Waals surface area contributed by atoms with Crippen molar-refractivity contribution in [2.45, 2.75) is 19.4 Å². The smallest absolute Gasteiger partial charge is 0.337 e. The Balaban J connectivity index is 1.77. The van der Waals surface area contributed by atoms with Crippen molar-refractivity contribution in [2.75, 3.05) is 29.2 Å². The van der Waals surface area contributed by atoms with E-state index in [0.717, 1.165) is 5.69 Å². The first kappa shape index (κ1) is 18.1. The quantitative estimate of drug-likeness (QED) is 0.762. The highest BCUT2D eigenvalue weighted by Gasteiger charge is 2.28. The summed E-state index contributed by atoms with van der Waals surface area (Å²) in [6, 6.07) is 8.43. The average molecular weight is 376 g/mol. The number of nitrogens with one attached hydrogen (secondary N) is 2. The molecular formula is C17H20N4O4S. The van der Waals surface area contributed by atoms with Crippen molar-refractivity contribution in [1.29, 1.82) is 0 Å². The zero-order valence-electron chi connectivity index (χ0n) is 14.5. The van der Waals surface area contributed by atoms with Gasteiger partial charge in [0, 0.05) is 23.5 Å². The van der Waals surface area contributed by atoms with Gasteiger partial charge in [0.05, 0.1) is 24.2 Å². The molecule has 2 N–H and O–H groups in total. The van der Waals surface area contributed by atoms with Gasteiger partial charge in [0.2, 0.25) is 5.95 Å². The van der Waals surface area contributed by atoms with E-state index in [4.69, 9.17) is 4.74 Å². The lowest BCUT2D eigenvalue weighted by Gasteiger charge is -2.14. The van der Waals surface area contributed by atoms with Gasteiger partial charge in [-0.3, -0.25) is 0 Å². The molecule has 1 atom stereocenters. The van der Waals surface area contributed by atoms with Crippen molar-refractivity contribution < 1.29 is 17.9 Å². The largest absolute Gasteiger partial charge is 0.465 e. The van der Waals surface area contributed by atoms with E-state index in [1.54, 1.807) is 30.3 Å². The molecule has 0 amide bonds. The monoisotopic (exact) mass is 376 g/mol. The van der Waals surface area contributed by atoms with E-state index in [0.29, 0.717) is 29.4 Å². The summed E-state index contributed by atoms with van der Waals surface area (Å²) in [6.07, 6.45) is 0.565. The third-order valence-corrected chi connectivity index (χ3v) is 5.75. The molecular weight excluding hydrogens is 356 g/mol. The van der Waals surface area contributed by atoms with E-state index in [9.17, 15) is 13.2 Å². The number of esters is 1. The van der Waals surface area contributed by atoms with E-state index in [1.165, 1.54) is 7.11 Å². The van der Waals surface area contributed by atoms with Gasteiger partial charge in [-0.15, -0.1) is 0 Å². The molecule has 138 valence electrons. The van der Waals surface area contributed by atoms with Crippen LogP contribution in [0.3, 0.4) is 0 Å². The minimum atomic E-state index is -2.97. The number of anilines is 3. The molecule has 0 bridgehead atoms. The van der Waals surface area contributed by atoms with Gasteiger partial charge < -0.3 is 15.4 Å². The molecule has 1 aromatic carbocycles. The van der Waals surface area contributed by atoms with E-state index < -0.39 is 15.8 Å². The first-order chi connectivity index (χ1) is 12.3. The van der Waals surface area contributed by atoms with Crippen LogP contribution >= 0.6 is 0 Å². The molecule has 1 unspecified atom stereocenters. The molecule has 1 saturated heterocycles. The fourth-order valence-electron chi connectivity index (χ4n) is 2.79. The van der Waals surface area contributed by atoms with Crippen LogP contribution in [0.5, 0.6) is 0 Å². The lowest BCUT2D eigenvalue weighted by Crippen LogP contribution is -2.21. The van der Waals surface area contributed by atoms with Gasteiger partial charge in [-0.1, -0.05) is 6.07 Å². The molecule has 1 aliphatic rings. The van der Waals surface area contributed by atoms with E-state index in [1.807, 2.05) is 6.92 Å². The summed E-state index contributed by atoms with van der Waals surface area (Å²) in [6.45, 7) is 1.83. The Labute approximate surface area is 151 Å². The van der Waals surface area contributed by atoms with E-state index in [2.05, 4.69) is 20.6 Å². The van der Waals surface area contributed by atoms with Crippen LogP contribution in [0.4, 0.5) is 17.5 Å². The molecule has 0 aliphatic carbocycles. The summed E-state index contributed by atoms with van der Waals surface area (Å²) in [5.41, 5.74) is 1.79. The van der Waals surface area contributed by atoms with Gasteiger partial charge >= 0.3 is 5.97 Å². The third kappa shape index (κ3) is 4.48. The Morgan fingerprint density at radius 1 is 1.27 bits per heavy atom. The molecule has 1 aliphatic heterocycles. The molecule has 26 heavy (non-hydrogen) atoms. The van der Waals surface area contributed by atoms with Crippen LogP contribution in [-0.4, -0.2) is 49.0 Å². The highest BCUT2D eigenvalue weighted by atomic mass is 32.2. The maximum atomic E-state index is 11.6. The Hall–Kier alpha value is -2.68. The third-order valence-electron chi connectivity index (χ3n) is 3.98. The number of ether oxygens (including phenoxy) is 1. The van der Waals surface area contributed by atoms with Crippen LogP contribution in [0.25, 0.3) is 0 Å². The zero-order chi connectivity index (χ0) is 18.7. The second-order valence-electron chi connectivity index (χ2n) is 6.16. The minimum absolute atomic E-state index is 0.111. The van der Waals surface area contributed by atoms with Gasteiger partial charge in [0.25, 0.3) is 0 Å². The zero-order valence-corrected chi connectivity index (χ0v) is 15.3. The van der Waals surface area contributed by atoms with Crippen molar-refractivity contribution >= 4 is 33.3 Å². The highest BCUT2D eigenvalue weighted by molar-refractivity contribution is 7.91. The average Bonchev–Trinajstić information content (AvgIpc) is 2.92. The molecule has 0 spiro atoms. The number of nitrogens with zero attached hydrogens (tertiary/aromatic N) is 2. The Morgan fingerprint density at radius 3 is 2.77 bits per heavy atom. The van der Waals surface area contributed by atoms with Crippen molar-refractivity contribution in [3.8, 4) is 0 Å². The summed E-state index contributed by atoms with van der Waals surface area (Å²) in [5, 5.41) is 6.22. The molecule has 1 fully saturated rings.